The molecule has 0 bridgehead atoms. The smallest absolute Gasteiger partial charge is 0.227 e. The average molecular weight is 719 g/mol. The summed E-state index contributed by atoms with van der Waals surface area (Å²) in [6.45, 7) is 0. The van der Waals surface area contributed by atoms with Gasteiger partial charge in [-0.15, -0.1) is 0 Å². The van der Waals surface area contributed by atoms with E-state index in [1.807, 2.05) is 109 Å². The monoisotopic (exact) mass is 718 g/mol. The molecular weight excluding hydrogens is 689 g/mol. The Labute approximate surface area is 321 Å². The second-order valence-corrected chi connectivity index (χ2v) is 13.8. The minimum absolute atomic E-state index is 0.588. The molecule has 8 aromatic carbocycles. The normalized spacial score (nSPS) is 11.6. The zero-order chi connectivity index (χ0) is 37.0. The molecule has 0 aliphatic carbocycles. The number of furan rings is 1. The Morgan fingerprint density at radius 1 is 0.286 bits per heavy atom. The van der Waals surface area contributed by atoms with Crippen molar-refractivity contribution in [1.82, 2.24) is 19.9 Å². The number of hydrogen-bond acceptors (Lipinski definition) is 6. The zero-order valence-electron chi connectivity index (χ0n) is 29.9. The maximum atomic E-state index is 6.46. The van der Waals surface area contributed by atoms with Gasteiger partial charge in [0.1, 0.15) is 16.7 Å². The molecule has 0 amide bonds. The second-order valence-electron chi connectivity index (χ2n) is 13.8. The van der Waals surface area contributed by atoms with Gasteiger partial charge < -0.3 is 8.83 Å². The molecule has 0 aliphatic rings. The van der Waals surface area contributed by atoms with E-state index in [4.69, 9.17) is 28.8 Å². The third kappa shape index (κ3) is 5.35. The Hall–Kier alpha value is -7.70. The van der Waals surface area contributed by atoms with Gasteiger partial charge in [-0.3, -0.25) is 0 Å². The summed E-state index contributed by atoms with van der Waals surface area (Å²) in [5, 5.41) is 4.27. The summed E-state index contributed by atoms with van der Waals surface area (Å²) in [7, 11) is 0. The molecule has 0 spiro atoms. The summed E-state index contributed by atoms with van der Waals surface area (Å²) in [4.78, 5) is 19.7. The van der Waals surface area contributed by atoms with E-state index in [0.29, 0.717) is 23.4 Å². The first kappa shape index (κ1) is 31.8. The molecule has 0 fully saturated rings. The van der Waals surface area contributed by atoms with E-state index in [2.05, 4.69) is 72.8 Å². The van der Waals surface area contributed by atoms with Gasteiger partial charge in [0.15, 0.2) is 23.1 Å². The fourth-order valence-electron chi connectivity index (χ4n) is 7.75. The number of hydrogen-bond donors (Lipinski definition) is 0. The van der Waals surface area contributed by atoms with Crippen LogP contribution in [0.2, 0.25) is 0 Å². The van der Waals surface area contributed by atoms with Crippen molar-refractivity contribution in [3.05, 3.63) is 182 Å². The largest absolute Gasteiger partial charge is 0.456 e. The van der Waals surface area contributed by atoms with Crippen molar-refractivity contribution >= 4 is 43.8 Å². The fourth-order valence-corrected chi connectivity index (χ4v) is 7.75. The van der Waals surface area contributed by atoms with Crippen molar-refractivity contribution in [3.8, 4) is 67.9 Å². The maximum Gasteiger partial charge on any atom is 0.227 e. The lowest BCUT2D eigenvalue weighted by Gasteiger charge is -2.13. The van der Waals surface area contributed by atoms with Crippen LogP contribution >= 0.6 is 0 Å². The molecule has 0 saturated carbocycles. The van der Waals surface area contributed by atoms with E-state index in [1.165, 1.54) is 0 Å². The number of nitrogens with zero attached hydrogens (tertiary/aromatic N) is 4. The van der Waals surface area contributed by atoms with Gasteiger partial charge in [-0.2, -0.15) is 0 Å². The predicted molar refractivity (Wildman–Crippen MR) is 225 cm³/mol. The lowest BCUT2D eigenvalue weighted by molar-refractivity contribution is 0.619. The van der Waals surface area contributed by atoms with Crippen molar-refractivity contribution < 1.29 is 8.83 Å². The molecule has 0 saturated heterocycles. The van der Waals surface area contributed by atoms with Crippen molar-refractivity contribution in [2.45, 2.75) is 0 Å². The molecule has 11 rings (SSSR count). The summed E-state index contributed by atoms with van der Waals surface area (Å²) in [5.74, 6) is 2.49. The Bertz CT molecular complexity index is 3170. The van der Waals surface area contributed by atoms with Gasteiger partial charge in [0, 0.05) is 27.6 Å². The Balaban J connectivity index is 1.02. The molecule has 3 aromatic heterocycles. The first-order valence-corrected chi connectivity index (χ1v) is 18.6. The quantitative estimate of drug-likeness (QED) is 0.170. The fraction of sp³-hybridized carbons (Fsp3) is 0. The average Bonchev–Trinajstić information content (AvgIpc) is 3.89. The van der Waals surface area contributed by atoms with E-state index in [1.54, 1.807) is 0 Å². The van der Waals surface area contributed by atoms with Gasteiger partial charge in [-0.25, -0.2) is 19.9 Å². The standard InChI is InChI=1S/C50H30N4O2/c1-4-13-32(14-5-1)47-52-48(33-15-6-2-7-16-33)54-49(53-47)34-25-23-31(24-26-34)36-27-28-39(38-20-11-10-19-37(36)38)40-21-12-22-41-44(40)45-42(55-41)29-30-43-46(45)51-50(56-43)35-17-8-3-9-18-35/h1-30H. The van der Waals surface area contributed by atoms with Crippen LogP contribution in [0.15, 0.2) is 191 Å². The van der Waals surface area contributed by atoms with Crippen molar-refractivity contribution in [3.63, 3.8) is 0 Å². The summed E-state index contributed by atoms with van der Waals surface area (Å²) >= 11 is 0. The van der Waals surface area contributed by atoms with Crippen molar-refractivity contribution in [2.75, 3.05) is 0 Å². The van der Waals surface area contributed by atoms with Gasteiger partial charge in [0.2, 0.25) is 5.89 Å². The number of oxazole rings is 1. The van der Waals surface area contributed by atoms with E-state index in [0.717, 1.165) is 88.3 Å². The van der Waals surface area contributed by atoms with Gasteiger partial charge in [0.05, 0.1) is 5.39 Å². The van der Waals surface area contributed by atoms with Gasteiger partial charge in [-0.05, 0) is 63.4 Å². The predicted octanol–water partition coefficient (Wildman–Crippen LogP) is 13.1. The molecule has 0 radical (unpaired) electrons. The number of aromatic nitrogens is 4. The molecule has 0 N–H and O–H groups in total. The number of rotatable bonds is 6. The molecule has 11 aromatic rings. The molecule has 6 heteroatoms. The highest BCUT2D eigenvalue weighted by Crippen LogP contribution is 2.44. The Morgan fingerprint density at radius 3 is 1.43 bits per heavy atom. The highest BCUT2D eigenvalue weighted by atomic mass is 16.4. The Morgan fingerprint density at radius 2 is 0.786 bits per heavy atom. The lowest BCUT2D eigenvalue weighted by Crippen LogP contribution is -2.00. The highest BCUT2D eigenvalue weighted by molar-refractivity contribution is 6.23. The van der Waals surface area contributed by atoms with Gasteiger partial charge in [-0.1, -0.05) is 152 Å². The maximum absolute atomic E-state index is 6.46. The van der Waals surface area contributed by atoms with Crippen LogP contribution in [-0.4, -0.2) is 19.9 Å². The summed E-state index contributed by atoms with van der Waals surface area (Å²) in [6.07, 6.45) is 0. The zero-order valence-corrected chi connectivity index (χ0v) is 29.9. The summed E-state index contributed by atoms with van der Waals surface area (Å²) in [5.41, 5.74) is 11.3. The third-order valence-electron chi connectivity index (χ3n) is 10.4. The molecule has 0 aliphatic heterocycles. The highest BCUT2D eigenvalue weighted by Gasteiger charge is 2.21. The van der Waals surface area contributed by atoms with Gasteiger partial charge >= 0.3 is 0 Å². The van der Waals surface area contributed by atoms with Crippen LogP contribution < -0.4 is 0 Å². The topological polar surface area (TPSA) is 77.8 Å². The van der Waals surface area contributed by atoms with E-state index in [-0.39, 0.29) is 0 Å². The second kappa shape index (κ2) is 13.0. The summed E-state index contributed by atoms with van der Waals surface area (Å²) in [6, 6.07) is 61.8. The van der Waals surface area contributed by atoms with Crippen LogP contribution in [0.4, 0.5) is 0 Å². The summed E-state index contributed by atoms with van der Waals surface area (Å²) < 4.78 is 12.7. The lowest BCUT2D eigenvalue weighted by atomic mass is 9.90. The van der Waals surface area contributed by atoms with Crippen LogP contribution in [-0.2, 0) is 0 Å². The molecule has 6 nitrogen and oxygen atoms in total. The first-order valence-electron chi connectivity index (χ1n) is 18.6. The number of fused-ring (bicyclic) bond motifs is 6. The molecule has 0 unspecified atom stereocenters. The molecule has 262 valence electrons. The number of benzene rings is 8. The Kier molecular flexibility index (Phi) is 7.38. The third-order valence-corrected chi connectivity index (χ3v) is 10.4. The van der Waals surface area contributed by atoms with Crippen LogP contribution in [0.25, 0.3) is 112 Å². The van der Waals surface area contributed by atoms with Gasteiger partial charge in [0.25, 0.3) is 0 Å². The molecule has 3 heterocycles. The SMILES string of the molecule is c1ccc(-c2nc(-c3ccccc3)nc(-c3ccc(-c4ccc(-c5cccc6oc7ccc8oc(-c9ccccc9)nc8c7c56)c5ccccc45)cc3)n2)cc1. The van der Waals surface area contributed by atoms with E-state index in [9.17, 15) is 0 Å². The minimum Gasteiger partial charge on any atom is -0.456 e. The first-order chi connectivity index (χ1) is 27.7. The van der Waals surface area contributed by atoms with Crippen LogP contribution in [0.3, 0.4) is 0 Å². The molecule has 0 atom stereocenters. The van der Waals surface area contributed by atoms with Crippen LogP contribution in [0.5, 0.6) is 0 Å². The van der Waals surface area contributed by atoms with Crippen molar-refractivity contribution in [1.29, 1.82) is 0 Å². The van der Waals surface area contributed by atoms with E-state index >= 15 is 0 Å². The molecule has 56 heavy (non-hydrogen) atoms. The van der Waals surface area contributed by atoms with E-state index < -0.39 is 0 Å². The molecular formula is C50H30N4O2. The van der Waals surface area contributed by atoms with Crippen LogP contribution in [0.1, 0.15) is 0 Å². The van der Waals surface area contributed by atoms with Crippen molar-refractivity contribution in [2.24, 2.45) is 0 Å². The minimum atomic E-state index is 0.588. The van der Waals surface area contributed by atoms with Crippen LogP contribution in [0, 0.1) is 0 Å².